The summed E-state index contributed by atoms with van der Waals surface area (Å²) in [5.41, 5.74) is 1.10. The minimum Gasteiger partial charge on any atom is -0.469 e. The Balaban J connectivity index is 2.74. The third-order valence-corrected chi connectivity index (χ3v) is 3.14. The fourth-order valence-corrected chi connectivity index (χ4v) is 2.10. The Kier molecular flexibility index (Phi) is 4.99. The summed E-state index contributed by atoms with van der Waals surface area (Å²) in [6.07, 6.45) is 3.07. The van der Waals surface area contributed by atoms with Crippen molar-refractivity contribution in [2.24, 2.45) is 0 Å². The highest BCUT2D eigenvalue weighted by Crippen LogP contribution is 2.24. The van der Waals surface area contributed by atoms with Crippen LogP contribution in [-0.2, 0) is 16.0 Å². The SMILES string of the molecule is COC(=O)CCc1cc(Cl)ccc1SC. The molecule has 0 saturated carbocycles. The van der Waals surface area contributed by atoms with Gasteiger partial charge in [0.2, 0.25) is 0 Å². The minimum absolute atomic E-state index is 0.193. The summed E-state index contributed by atoms with van der Waals surface area (Å²) in [5.74, 6) is -0.193. The van der Waals surface area contributed by atoms with Gasteiger partial charge in [-0.05, 0) is 36.4 Å². The Morgan fingerprint density at radius 1 is 1.53 bits per heavy atom. The lowest BCUT2D eigenvalue weighted by Gasteiger charge is -2.06. The van der Waals surface area contributed by atoms with Crippen LogP contribution in [0.5, 0.6) is 0 Å². The van der Waals surface area contributed by atoms with Gasteiger partial charge in [-0.15, -0.1) is 11.8 Å². The van der Waals surface area contributed by atoms with Crippen molar-refractivity contribution in [3.63, 3.8) is 0 Å². The third kappa shape index (κ3) is 3.76. The fourth-order valence-electron chi connectivity index (χ4n) is 1.28. The van der Waals surface area contributed by atoms with Crippen LogP contribution < -0.4 is 0 Å². The number of thioether (sulfide) groups is 1. The highest BCUT2D eigenvalue weighted by Gasteiger charge is 2.06. The van der Waals surface area contributed by atoms with Crippen LogP contribution in [0.1, 0.15) is 12.0 Å². The number of carbonyl (C=O) groups excluding carboxylic acids is 1. The molecule has 0 amide bonds. The molecule has 0 bridgehead atoms. The molecule has 1 aromatic rings. The van der Waals surface area contributed by atoms with E-state index >= 15 is 0 Å². The normalized spacial score (nSPS) is 10.1. The Labute approximate surface area is 99.0 Å². The summed E-state index contributed by atoms with van der Waals surface area (Å²) in [4.78, 5) is 12.2. The number of halogens is 1. The largest absolute Gasteiger partial charge is 0.469 e. The van der Waals surface area contributed by atoms with Gasteiger partial charge in [-0.3, -0.25) is 4.79 Å². The summed E-state index contributed by atoms with van der Waals surface area (Å²) in [7, 11) is 1.40. The number of methoxy groups -OCH3 is 1. The van der Waals surface area contributed by atoms with Crippen molar-refractivity contribution in [3.05, 3.63) is 28.8 Å². The molecule has 0 aromatic heterocycles. The van der Waals surface area contributed by atoms with Gasteiger partial charge in [0.25, 0.3) is 0 Å². The van der Waals surface area contributed by atoms with E-state index in [0.717, 1.165) is 10.5 Å². The zero-order valence-corrected chi connectivity index (χ0v) is 10.3. The second kappa shape index (κ2) is 6.03. The maximum atomic E-state index is 11.0. The predicted octanol–water partition coefficient (Wildman–Crippen LogP) is 3.17. The van der Waals surface area contributed by atoms with Gasteiger partial charge in [0.1, 0.15) is 0 Å². The highest BCUT2D eigenvalue weighted by molar-refractivity contribution is 7.98. The Bertz CT molecular complexity index is 352. The molecule has 2 nitrogen and oxygen atoms in total. The van der Waals surface area contributed by atoms with Crippen LogP contribution in [0, 0.1) is 0 Å². The molecule has 0 aliphatic heterocycles. The van der Waals surface area contributed by atoms with E-state index in [-0.39, 0.29) is 5.97 Å². The summed E-state index contributed by atoms with van der Waals surface area (Å²) < 4.78 is 4.60. The number of carbonyl (C=O) groups is 1. The van der Waals surface area contributed by atoms with E-state index in [2.05, 4.69) is 4.74 Å². The number of benzene rings is 1. The van der Waals surface area contributed by atoms with Crippen molar-refractivity contribution in [2.45, 2.75) is 17.7 Å². The Hall–Kier alpha value is -0.670. The molecule has 0 saturated heterocycles. The van der Waals surface area contributed by atoms with Crippen molar-refractivity contribution in [1.82, 2.24) is 0 Å². The van der Waals surface area contributed by atoms with Crippen molar-refractivity contribution < 1.29 is 9.53 Å². The molecule has 0 heterocycles. The van der Waals surface area contributed by atoms with E-state index in [1.54, 1.807) is 11.8 Å². The number of ether oxygens (including phenoxy) is 1. The van der Waals surface area contributed by atoms with Gasteiger partial charge >= 0.3 is 5.97 Å². The second-order valence-corrected chi connectivity index (χ2v) is 4.32. The molecular formula is C11H13ClO2S. The smallest absolute Gasteiger partial charge is 0.305 e. The van der Waals surface area contributed by atoms with Gasteiger partial charge in [0.05, 0.1) is 7.11 Å². The van der Waals surface area contributed by atoms with Crippen LogP contribution in [-0.4, -0.2) is 19.3 Å². The highest BCUT2D eigenvalue weighted by atomic mass is 35.5. The zero-order chi connectivity index (χ0) is 11.3. The standard InChI is InChI=1S/C11H13ClO2S/c1-14-11(13)6-3-8-7-9(12)4-5-10(8)15-2/h4-5,7H,3,6H2,1-2H3. The van der Waals surface area contributed by atoms with Gasteiger partial charge in [-0.25, -0.2) is 0 Å². The number of aryl methyl sites for hydroxylation is 1. The molecule has 0 radical (unpaired) electrons. The van der Waals surface area contributed by atoms with Gasteiger partial charge in [0, 0.05) is 16.3 Å². The van der Waals surface area contributed by atoms with Crippen LogP contribution in [0.4, 0.5) is 0 Å². The van der Waals surface area contributed by atoms with Crippen LogP contribution in [0.2, 0.25) is 5.02 Å². The molecule has 0 atom stereocenters. The molecule has 0 unspecified atom stereocenters. The van der Waals surface area contributed by atoms with E-state index in [1.165, 1.54) is 7.11 Å². The summed E-state index contributed by atoms with van der Waals surface area (Å²) >= 11 is 7.55. The average Bonchev–Trinajstić information content (AvgIpc) is 2.26. The molecule has 4 heteroatoms. The Morgan fingerprint density at radius 2 is 2.27 bits per heavy atom. The summed E-state index contributed by atoms with van der Waals surface area (Å²) in [5, 5.41) is 0.702. The van der Waals surface area contributed by atoms with Gasteiger partial charge in [-0.1, -0.05) is 11.6 Å². The van der Waals surface area contributed by atoms with Gasteiger partial charge < -0.3 is 4.74 Å². The molecule has 0 spiro atoms. The maximum Gasteiger partial charge on any atom is 0.305 e. The maximum absolute atomic E-state index is 11.0. The third-order valence-electron chi connectivity index (χ3n) is 2.07. The number of hydrogen-bond donors (Lipinski definition) is 0. The molecule has 82 valence electrons. The lowest BCUT2D eigenvalue weighted by Crippen LogP contribution is -2.02. The zero-order valence-electron chi connectivity index (χ0n) is 8.75. The first-order chi connectivity index (χ1) is 7.17. The van der Waals surface area contributed by atoms with E-state index in [4.69, 9.17) is 11.6 Å². The molecule has 0 N–H and O–H groups in total. The van der Waals surface area contributed by atoms with Gasteiger partial charge in [0.15, 0.2) is 0 Å². The van der Waals surface area contributed by atoms with E-state index in [0.29, 0.717) is 17.9 Å². The van der Waals surface area contributed by atoms with E-state index in [9.17, 15) is 4.79 Å². The molecule has 1 aromatic carbocycles. The van der Waals surface area contributed by atoms with Crippen molar-refractivity contribution in [2.75, 3.05) is 13.4 Å². The van der Waals surface area contributed by atoms with Gasteiger partial charge in [-0.2, -0.15) is 0 Å². The quantitative estimate of drug-likeness (QED) is 0.601. The lowest BCUT2D eigenvalue weighted by molar-refractivity contribution is -0.140. The van der Waals surface area contributed by atoms with Crippen molar-refractivity contribution in [3.8, 4) is 0 Å². The molecule has 0 aliphatic carbocycles. The Morgan fingerprint density at radius 3 is 2.87 bits per heavy atom. The topological polar surface area (TPSA) is 26.3 Å². The molecular weight excluding hydrogens is 232 g/mol. The fraction of sp³-hybridized carbons (Fsp3) is 0.364. The first-order valence-electron chi connectivity index (χ1n) is 4.56. The average molecular weight is 245 g/mol. The monoisotopic (exact) mass is 244 g/mol. The first kappa shape index (κ1) is 12.4. The molecule has 1 rings (SSSR count). The predicted molar refractivity (Wildman–Crippen MR) is 63.6 cm³/mol. The van der Waals surface area contributed by atoms with E-state index in [1.807, 2.05) is 24.5 Å². The van der Waals surface area contributed by atoms with Crippen LogP contribution >= 0.6 is 23.4 Å². The van der Waals surface area contributed by atoms with Crippen LogP contribution in [0.25, 0.3) is 0 Å². The molecule has 15 heavy (non-hydrogen) atoms. The van der Waals surface area contributed by atoms with Crippen LogP contribution in [0.15, 0.2) is 23.1 Å². The molecule has 0 aliphatic rings. The lowest BCUT2D eigenvalue weighted by atomic mass is 10.1. The van der Waals surface area contributed by atoms with Crippen molar-refractivity contribution in [1.29, 1.82) is 0 Å². The summed E-state index contributed by atoms with van der Waals surface area (Å²) in [6, 6.07) is 5.73. The number of esters is 1. The second-order valence-electron chi connectivity index (χ2n) is 3.03. The van der Waals surface area contributed by atoms with E-state index < -0.39 is 0 Å². The summed E-state index contributed by atoms with van der Waals surface area (Å²) in [6.45, 7) is 0. The van der Waals surface area contributed by atoms with Crippen LogP contribution in [0.3, 0.4) is 0 Å². The number of rotatable bonds is 4. The number of hydrogen-bond acceptors (Lipinski definition) is 3. The van der Waals surface area contributed by atoms with Crippen molar-refractivity contribution >= 4 is 29.3 Å². The first-order valence-corrected chi connectivity index (χ1v) is 6.17. The minimum atomic E-state index is -0.193. The molecule has 0 fully saturated rings.